The number of esters is 1. The minimum atomic E-state index is -2.85. The first-order chi connectivity index (χ1) is 18.0. The maximum atomic E-state index is 14.0. The molecule has 0 aliphatic carbocycles. The van der Waals surface area contributed by atoms with E-state index in [-0.39, 0.29) is 30.3 Å². The smallest absolute Gasteiger partial charge is 0.328 e. The molecule has 3 heterocycles. The summed E-state index contributed by atoms with van der Waals surface area (Å²) in [6.45, 7) is 2.04. The summed E-state index contributed by atoms with van der Waals surface area (Å²) in [7, 11) is 1.35. The van der Waals surface area contributed by atoms with Crippen LogP contribution in [0.1, 0.15) is 24.2 Å². The van der Waals surface area contributed by atoms with Crippen molar-refractivity contribution in [2.24, 2.45) is 0 Å². The molecule has 10 nitrogen and oxygen atoms in total. The molecule has 1 saturated heterocycles. The number of morpholine rings is 1. The summed E-state index contributed by atoms with van der Waals surface area (Å²) in [6.07, 6.45) is -2.06. The Hall–Kier alpha value is -4.19. The number of rotatable bonds is 8. The van der Waals surface area contributed by atoms with E-state index in [2.05, 4.69) is 24.7 Å². The van der Waals surface area contributed by atoms with Gasteiger partial charge in [-0.1, -0.05) is 24.3 Å². The average molecular weight is 511 g/mol. The number of hydrogen-bond donors (Lipinski definition) is 0. The van der Waals surface area contributed by atoms with Crippen LogP contribution in [-0.2, 0) is 20.7 Å². The van der Waals surface area contributed by atoms with Crippen LogP contribution >= 0.6 is 0 Å². The number of nitrogens with zero attached hydrogens (tertiary/aromatic N) is 6. The predicted octanol–water partition coefficient (Wildman–Crippen LogP) is 3.88. The fourth-order valence-electron chi connectivity index (χ4n) is 3.97. The zero-order chi connectivity index (χ0) is 25.8. The predicted molar refractivity (Wildman–Crippen MR) is 129 cm³/mol. The van der Waals surface area contributed by atoms with Crippen molar-refractivity contribution in [2.45, 2.75) is 19.3 Å². The molecule has 2 aromatic carbocycles. The van der Waals surface area contributed by atoms with Gasteiger partial charge in [0.05, 0.1) is 31.4 Å². The van der Waals surface area contributed by atoms with Gasteiger partial charge < -0.3 is 19.1 Å². The zero-order valence-corrected chi connectivity index (χ0v) is 20.0. The van der Waals surface area contributed by atoms with Gasteiger partial charge in [0.2, 0.25) is 11.9 Å². The molecule has 0 atom stereocenters. The lowest BCUT2D eigenvalue weighted by Crippen LogP contribution is -2.37. The van der Waals surface area contributed by atoms with E-state index < -0.39 is 12.2 Å². The van der Waals surface area contributed by atoms with E-state index in [1.807, 2.05) is 17.0 Å². The van der Waals surface area contributed by atoms with Crippen LogP contribution in [0.4, 0.5) is 14.7 Å². The van der Waals surface area contributed by atoms with Crippen molar-refractivity contribution in [2.75, 3.05) is 38.3 Å². The molecule has 0 N–H and O–H groups in total. The Kier molecular flexibility index (Phi) is 7.17. The molecule has 0 bridgehead atoms. The van der Waals surface area contributed by atoms with Crippen molar-refractivity contribution < 1.29 is 27.8 Å². The molecule has 1 aliphatic rings. The molecule has 1 aliphatic heterocycles. The summed E-state index contributed by atoms with van der Waals surface area (Å²) in [5.41, 5.74) is 1.77. The number of anilines is 1. The number of imidazole rings is 1. The molecular formula is C25H24F2N6O4. The van der Waals surface area contributed by atoms with E-state index in [0.29, 0.717) is 49.5 Å². The van der Waals surface area contributed by atoms with E-state index >= 15 is 0 Å². The SMILES string of the molecule is COC(=O)CCc1ccc(Oc2nc(N3CCOCC3)nc(-n3c(C(F)F)nc4ccccc43)n2)cc1. The van der Waals surface area contributed by atoms with Gasteiger partial charge in [-0.15, -0.1) is 0 Å². The first-order valence-corrected chi connectivity index (χ1v) is 11.7. The molecule has 0 unspecified atom stereocenters. The number of aromatic nitrogens is 5. The van der Waals surface area contributed by atoms with Crippen LogP contribution in [0.25, 0.3) is 17.0 Å². The molecule has 4 aromatic rings. The van der Waals surface area contributed by atoms with Crippen LogP contribution in [-0.4, -0.2) is 63.9 Å². The zero-order valence-electron chi connectivity index (χ0n) is 20.0. The molecule has 0 saturated carbocycles. The van der Waals surface area contributed by atoms with Gasteiger partial charge in [-0.25, -0.2) is 13.8 Å². The molecule has 12 heteroatoms. The van der Waals surface area contributed by atoms with Gasteiger partial charge >= 0.3 is 12.0 Å². The van der Waals surface area contributed by atoms with Crippen molar-refractivity contribution >= 4 is 23.0 Å². The number of benzene rings is 2. The molecule has 0 radical (unpaired) electrons. The Morgan fingerprint density at radius 2 is 1.73 bits per heavy atom. The highest BCUT2D eigenvalue weighted by atomic mass is 19.3. The van der Waals surface area contributed by atoms with Crippen LogP contribution in [0.5, 0.6) is 11.8 Å². The van der Waals surface area contributed by atoms with Crippen molar-refractivity contribution in [3.8, 4) is 17.7 Å². The first-order valence-electron chi connectivity index (χ1n) is 11.7. The first kappa shape index (κ1) is 24.5. The number of halogens is 2. The van der Waals surface area contributed by atoms with Gasteiger partial charge in [-0.3, -0.25) is 9.36 Å². The number of para-hydroxylation sites is 2. The minimum absolute atomic E-state index is 0.0230. The lowest BCUT2D eigenvalue weighted by Gasteiger charge is -2.27. The number of fused-ring (bicyclic) bond motifs is 1. The van der Waals surface area contributed by atoms with E-state index in [4.69, 9.17) is 9.47 Å². The topological polar surface area (TPSA) is 104 Å². The molecule has 192 valence electrons. The largest absolute Gasteiger partial charge is 0.469 e. The summed E-state index contributed by atoms with van der Waals surface area (Å²) in [5.74, 6) is -0.0530. The Morgan fingerprint density at radius 1 is 1.00 bits per heavy atom. The number of carbonyl (C=O) groups is 1. The van der Waals surface area contributed by atoms with Crippen molar-refractivity contribution in [1.82, 2.24) is 24.5 Å². The maximum absolute atomic E-state index is 14.0. The fourth-order valence-corrected chi connectivity index (χ4v) is 3.97. The van der Waals surface area contributed by atoms with E-state index in [1.54, 1.807) is 36.4 Å². The number of ether oxygens (including phenoxy) is 3. The third-order valence-electron chi connectivity index (χ3n) is 5.85. The highest BCUT2D eigenvalue weighted by Crippen LogP contribution is 2.29. The number of aryl methyl sites for hydroxylation is 1. The van der Waals surface area contributed by atoms with Gasteiger partial charge in [0, 0.05) is 19.5 Å². The number of hydrogen-bond acceptors (Lipinski definition) is 9. The summed E-state index contributed by atoms with van der Waals surface area (Å²) in [6, 6.07) is 13.8. The van der Waals surface area contributed by atoms with Crippen molar-refractivity contribution in [3.05, 3.63) is 59.9 Å². The van der Waals surface area contributed by atoms with Crippen LogP contribution in [0.2, 0.25) is 0 Å². The maximum Gasteiger partial charge on any atom is 0.328 e. The summed E-state index contributed by atoms with van der Waals surface area (Å²) in [4.78, 5) is 30.7. The third kappa shape index (κ3) is 5.48. The summed E-state index contributed by atoms with van der Waals surface area (Å²) < 4.78 is 45.2. The standard InChI is InChI=1S/C25H24F2N6O4/c1-35-20(34)11-8-16-6-9-17(10-7-16)37-25-30-23(32-12-14-36-15-13-32)29-24(31-25)33-19-5-3-2-4-18(19)28-22(33)21(26)27/h2-7,9-10,21H,8,11-15H2,1H3. The minimum Gasteiger partial charge on any atom is -0.469 e. The normalized spacial score (nSPS) is 13.8. The number of alkyl halides is 2. The number of carbonyl (C=O) groups excluding carboxylic acids is 1. The second-order valence-electron chi connectivity index (χ2n) is 8.23. The summed E-state index contributed by atoms with van der Waals surface area (Å²) >= 11 is 0. The second kappa shape index (κ2) is 10.8. The lowest BCUT2D eigenvalue weighted by molar-refractivity contribution is -0.140. The van der Waals surface area contributed by atoms with Gasteiger partial charge in [0.1, 0.15) is 5.75 Å². The Morgan fingerprint density at radius 3 is 2.46 bits per heavy atom. The third-order valence-corrected chi connectivity index (χ3v) is 5.85. The molecule has 2 aromatic heterocycles. The van der Waals surface area contributed by atoms with Crippen molar-refractivity contribution in [3.63, 3.8) is 0 Å². The highest BCUT2D eigenvalue weighted by Gasteiger charge is 2.24. The van der Waals surface area contributed by atoms with Gasteiger partial charge in [0.25, 0.3) is 6.43 Å². The Balaban J connectivity index is 1.51. The van der Waals surface area contributed by atoms with Gasteiger partial charge in [-0.2, -0.15) is 15.0 Å². The molecule has 0 amide bonds. The molecule has 1 fully saturated rings. The van der Waals surface area contributed by atoms with Crippen LogP contribution in [0.15, 0.2) is 48.5 Å². The van der Waals surface area contributed by atoms with Crippen LogP contribution < -0.4 is 9.64 Å². The number of methoxy groups -OCH3 is 1. The molecule has 37 heavy (non-hydrogen) atoms. The molecular weight excluding hydrogens is 486 g/mol. The Bertz CT molecular complexity index is 1390. The monoisotopic (exact) mass is 510 g/mol. The lowest BCUT2D eigenvalue weighted by atomic mass is 10.1. The molecule has 0 spiro atoms. The van der Waals surface area contributed by atoms with E-state index in [1.165, 1.54) is 11.7 Å². The molecule has 5 rings (SSSR count). The second-order valence-corrected chi connectivity index (χ2v) is 8.23. The van der Waals surface area contributed by atoms with E-state index in [9.17, 15) is 13.6 Å². The van der Waals surface area contributed by atoms with Crippen LogP contribution in [0, 0.1) is 0 Å². The van der Waals surface area contributed by atoms with Crippen molar-refractivity contribution in [1.29, 1.82) is 0 Å². The van der Waals surface area contributed by atoms with Crippen LogP contribution in [0.3, 0.4) is 0 Å². The summed E-state index contributed by atoms with van der Waals surface area (Å²) in [5, 5.41) is 0. The van der Waals surface area contributed by atoms with E-state index in [0.717, 1.165) is 5.56 Å². The highest BCUT2D eigenvalue weighted by molar-refractivity contribution is 5.77. The van der Waals surface area contributed by atoms with Gasteiger partial charge in [0.15, 0.2) is 5.82 Å². The van der Waals surface area contributed by atoms with Gasteiger partial charge in [-0.05, 0) is 36.2 Å². The average Bonchev–Trinajstić information content (AvgIpc) is 3.33. The quantitative estimate of drug-likeness (QED) is 0.327. The fraction of sp³-hybridized carbons (Fsp3) is 0.320. The Labute approximate surface area is 210 Å².